The summed E-state index contributed by atoms with van der Waals surface area (Å²) in [7, 11) is 1.68. The smallest absolute Gasteiger partial charge is 0.165 e. The monoisotopic (exact) mass is 390 g/mol. The molecule has 1 spiro atoms. The minimum absolute atomic E-state index is 0.274. The van der Waals surface area contributed by atoms with Gasteiger partial charge in [-0.1, -0.05) is 18.6 Å². The minimum atomic E-state index is -0.527. The van der Waals surface area contributed by atoms with Gasteiger partial charge in [0.15, 0.2) is 11.5 Å². The van der Waals surface area contributed by atoms with Crippen molar-refractivity contribution in [2.24, 2.45) is 0 Å². The maximum atomic E-state index is 10.5. The zero-order chi connectivity index (χ0) is 19.4. The van der Waals surface area contributed by atoms with Gasteiger partial charge in [-0.05, 0) is 38.3 Å². The summed E-state index contributed by atoms with van der Waals surface area (Å²) in [6, 6.07) is 6.11. The van der Waals surface area contributed by atoms with Gasteiger partial charge in [-0.15, -0.1) is 0 Å². The van der Waals surface area contributed by atoms with Crippen molar-refractivity contribution >= 4 is 0 Å². The summed E-state index contributed by atoms with van der Waals surface area (Å²) < 4.78 is 17.1. The Hall–Kier alpha value is -1.34. The molecule has 0 bridgehead atoms. The van der Waals surface area contributed by atoms with E-state index in [1.165, 1.54) is 32.1 Å². The number of nitrogens with zero attached hydrogens (tertiary/aromatic N) is 2. The van der Waals surface area contributed by atoms with Crippen LogP contribution in [-0.2, 0) is 11.3 Å². The Labute approximate surface area is 168 Å². The molecule has 6 heteroatoms. The molecular weight excluding hydrogens is 356 g/mol. The van der Waals surface area contributed by atoms with E-state index in [0.717, 1.165) is 56.5 Å². The molecule has 0 unspecified atom stereocenters. The van der Waals surface area contributed by atoms with Crippen molar-refractivity contribution < 1.29 is 19.3 Å². The Kier molecular flexibility index (Phi) is 6.41. The van der Waals surface area contributed by atoms with Gasteiger partial charge in [0, 0.05) is 37.3 Å². The lowest BCUT2D eigenvalue weighted by atomic mass is 9.99. The Morgan fingerprint density at radius 2 is 1.96 bits per heavy atom. The van der Waals surface area contributed by atoms with Gasteiger partial charge in [0.2, 0.25) is 0 Å². The number of ether oxygens (including phenoxy) is 3. The number of aliphatic hydroxyl groups is 1. The van der Waals surface area contributed by atoms with Crippen LogP contribution in [0.3, 0.4) is 0 Å². The number of morpholine rings is 1. The van der Waals surface area contributed by atoms with Crippen LogP contribution >= 0.6 is 0 Å². The summed E-state index contributed by atoms with van der Waals surface area (Å²) >= 11 is 0. The molecular formula is C22H34N2O4. The van der Waals surface area contributed by atoms with Crippen LogP contribution in [0.4, 0.5) is 0 Å². The first-order chi connectivity index (χ1) is 13.7. The van der Waals surface area contributed by atoms with Crippen molar-refractivity contribution in [1.29, 1.82) is 0 Å². The summed E-state index contributed by atoms with van der Waals surface area (Å²) in [5.74, 6) is 1.53. The zero-order valence-electron chi connectivity index (χ0n) is 17.1. The molecule has 1 atom stereocenters. The quantitative estimate of drug-likeness (QED) is 0.735. The van der Waals surface area contributed by atoms with Crippen LogP contribution in [0.5, 0.6) is 11.5 Å². The number of likely N-dealkylation sites (tertiary alicyclic amines) is 1. The third-order valence-electron chi connectivity index (χ3n) is 6.45. The fraction of sp³-hybridized carbons (Fsp3) is 0.727. The SMILES string of the molecule is COc1cccc(CN2CCCCC23CC3)c1OC[C@H](O)CN1CCOCC1. The molecule has 2 saturated heterocycles. The first-order valence-electron chi connectivity index (χ1n) is 10.7. The van der Waals surface area contributed by atoms with Gasteiger partial charge in [0.05, 0.1) is 20.3 Å². The van der Waals surface area contributed by atoms with E-state index in [4.69, 9.17) is 14.2 Å². The van der Waals surface area contributed by atoms with E-state index in [9.17, 15) is 5.11 Å². The highest BCUT2D eigenvalue weighted by molar-refractivity contribution is 5.46. The van der Waals surface area contributed by atoms with Gasteiger partial charge in [-0.3, -0.25) is 9.80 Å². The summed E-state index contributed by atoms with van der Waals surface area (Å²) in [6.07, 6.45) is 6.08. The van der Waals surface area contributed by atoms with Crippen molar-refractivity contribution in [2.45, 2.75) is 50.3 Å². The minimum Gasteiger partial charge on any atom is -0.493 e. The van der Waals surface area contributed by atoms with Crippen LogP contribution in [0.15, 0.2) is 18.2 Å². The molecule has 2 heterocycles. The lowest BCUT2D eigenvalue weighted by Gasteiger charge is -2.36. The van der Waals surface area contributed by atoms with Crippen molar-refractivity contribution in [2.75, 3.05) is 53.1 Å². The van der Waals surface area contributed by atoms with Crippen LogP contribution in [0.2, 0.25) is 0 Å². The van der Waals surface area contributed by atoms with E-state index in [0.29, 0.717) is 12.1 Å². The zero-order valence-corrected chi connectivity index (χ0v) is 17.1. The van der Waals surface area contributed by atoms with Gasteiger partial charge < -0.3 is 19.3 Å². The fourth-order valence-corrected chi connectivity index (χ4v) is 4.64. The fourth-order valence-electron chi connectivity index (χ4n) is 4.64. The highest BCUT2D eigenvalue weighted by atomic mass is 16.5. The van der Waals surface area contributed by atoms with Gasteiger partial charge >= 0.3 is 0 Å². The molecule has 4 rings (SSSR count). The number of hydrogen-bond acceptors (Lipinski definition) is 6. The molecule has 1 aliphatic carbocycles. The first kappa shape index (κ1) is 20.0. The third-order valence-corrected chi connectivity index (χ3v) is 6.45. The van der Waals surface area contributed by atoms with Crippen LogP contribution in [-0.4, -0.2) is 79.7 Å². The van der Waals surface area contributed by atoms with Gasteiger partial charge in [0.25, 0.3) is 0 Å². The second-order valence-corrected chi connectivity index (χ2v) is 8.43. The Morgan fingerprint density at radius 3 is 2.71 bits per heavy atom. The summed E-state index contributed by atoms with van der Waals surface area (Å²) in [5, 5.41) is 10.5. The predicted molar refractivity (Wildman–Crippen MR) is 108 cm³/mol. The van der Waals surface area contributed by atoms with E-state index < -0.39 is 6.10 Å². The molecule has 0 amide bonds. The van der Waals surface area contributed by atoms with E-state index in [2.05, 4.69) is 15.9 Å². The largest absolute Gasteiger partial charge is 0.493 e. The third kappa shape index (κ3) is 4.62. The lowest BCUT2D eigenvalue weighted by molar-refractivity contribution is 0.00423. The Bertz CT molecular complexity index is 643. The molecule has 1 N–H and O–H groups in total. The predicted octanol–water partition coefficient (Wildman–Crippen LogP) is 2.29. The van der Waals surface area contributed by atoms with Crippen LogP contribution < -0.4 is 9.47 Å². The number of benzene rings is 1. The number of methoxy groups -OCH3 is 1. The molecule has 1 aromatic rings. The first-order valence-corrected chi connectivity index (χ1v) is 10.7. The number of piperidine rings is 1. The normalized spacial score (nSPS) is 23.5. The molecule has 1 aromatic carbocycles. The highest BCUT2D eigenvalue weighted by Gasteiger charge is 2.48. The molecule has 3 fully saturated rings. The molecule has 156 valence electrons. The topological polar surface area (TPSA) is 54.4 Å². The van der Waals surface area contributed by atoms with Crippen molar-refractivity contribution in [3.05, 3.63) is 23.8 Å². The number of hydrogen-bond donors (Lipinski definition) is 1. The highest BCUT2D eigenvalue weighted by Crippen LogP contribution is 2.49. The average molecular weight is 391 g/mol. The maximum Gasteiger partial charge on any atom is 0.165 e. The van der Waals surface area contributed by atoms with Crippen LogP contribution in [0.25, 0.3) is 0 Å². The second kappa shape index (κ2) is 8.99. The van der Waals surface area contributed by atoms with Crippen LogP contribution in [0.1, 0.15) is 37.7 Å². The van der Waals surface area contributed by atoms with Crippen molar-refractivity contribution in [1.82, 2.24) is 9.80 Å². The molecule has 2 aliphatic heterocycles. The molecule has 0 aromatic heterocycles. The van der Waals surface area contributed by atoms with E-state index in [-0.39, 0.29) is 6.61 Å². The molecule has 1 saturated carbocycles. The average Bonchev–Trinajstić information content (AvgIpc) is 3.49. The Balaban J connectivity index is 1.40. The second-order valence-electron chi connectivity index (χ2n) is 8.43. The van der Waals surface area contributed by atoms with E-state index in [1.807, 2.05) is 12.1 Å². The van der Waals surface area contributed by atoms with Gasteiger partial charge in [-0.2, -0.15) is 0 Å². The standard InChI is InChI=1S/C22H34N2O4/c1-26-20-6-4-5-18(15-24-10-3-2-7-22(24)8-9-22)21(20)28-17-19(25)16-23-11-13-27-14-12-23/h4-6,19,25H,2-3,7-17H2,1H3/t19-/m1/s1. The summed E-state index contributed by atoms with van der Waals surface area (Å²) in [4.78, 5) is 4.87. The van der Waals surface area contributed by atoms with Crippen molar-refractivity contribution in [3.8, 4) is 11.5 Å². The summed E-state index contributed by atoms with van der Waals surface area (Å²) in [6.45, 7) is 6.16. The van der Waals surface area contributed by atoms with E-state index >= 15 is 0 Å². The van der Waals surface area contributed by atoms with Crippen molar-refractivity contribution in [3.63, 3.8) is 0 Å². The number of para-hydroxylation sites is 1. The molecule has 3 aliphatic rings. The lowest BCUT2D eigenvalue weighted by Crippen LogP contribution is -2.42. The molecule has 0 radical (unpaired) electrons. The molecule has 28 heavy (non-hydrogen) atoms. The van der Waals surface area contributed by atoms with Gasteiger partial charge in [0.1, 0.15) is 12.7 Å². The number of aliphatic hydroxyl groups excluding tert-OH is 1. The molecule has 6 nitrogen and oxygen atoms in total. The summed E-state index contributed by atoms with van der Waals surface area (Å²) in [5.41, 5.74) is 1.60. The number of β-amino-alcohol motifs (C(OH)–C–C–N with tert-alkyl or cyclic N) is 1. The van der Waals surface area contributed by atoms with Gasteiger partial charge in [-0.25, -0.2) is 0 Å². The number of rotatable bonds is 8. The van der Waals surface area contributed by atoms with Crippen LogP contribution in [0, 0.1) is 0 Å². The maximum absolute atomic E-state index is 10.5. The Morgan fingerprint density at radius 1 is 1.14 bits per heavy atom. The van der Waals surface area contributed by atoms with E-state index in [1.54, 1.807) is 7.11 Å².